The van der Waals surface area contributed by atoms with Crippen molar-refractivity contribution in [3.05, 3.63) is 40.2 Å². The lowest BCUT2D eigenvalue weighted by molar-refractivity contribution is 0.102. The lowest BCUT2D eigenvalue weighted by atomic mass is 9.99. The van der Waals surface area contributed by atoms with Crippen molar-refractivity contribution in [3.8, 4) is 0 Å². The Kier molecular flexibility index (Phi) is 4.57. The Bertz CT molecular complexity index is 747. The number of Topliss-reactive ketones (excluding diaryl/α,β-unsaturated/α-hetero) is 1. The summed E-state index contributed by atoms with van der Waals surface area (Å²) in [7, 11) is 0. The number of carbonyl (C=O) groups is 1. The quantitative estimate of drug-likeness (QED) is 0.592. The Morgan fingerprint density at radius 2 is 1.87 bits per heavy atom. The second-order valence-electron chi connectivity index (χ2n) is 6.32. The smallest absolute Gasteiger partial charge is 0.191 e. The molecule has 1 aliphatic rings. The lowest BCUT2D eigenvalue weighted by Crippen LogP contribution is -2.08. The highest BCUT2D eigenvalue weighted by Gasteiger charge is 2.30. The molecule has 3 rings (SSSR count). The number of hydrogen-bond acceptors (Lipinski definition) is 4. The van der Waals surface area contributed by atoms with E-state index in [0.29, 0.717) is 11.7 Å². The van der Waals surface area contributed by atoms with Gasteiger partial charge in [-0.1, -0.05) is 17.8 Å². The lowest BCUT2D eigenvalue weighted by Gasteiger charge is -2.09. The number of aryl methyl sites for hydroxylation is 3. The van der Waals surface area contributed by atoms with Gasteiger partial charge < -0.3 is 4.57 Å². The van der Waals surface area contributed by atoms with Crippen LogP contribution < -0.4 is 0 Å². The third-order valence-corrected chi connectivity index (χ3v) is 5.44. The second kappa shape index (κ2) is 6.48. The minimum atomic E-state index is 0.161. The topological polar surface area (TPSA) is 47.8 Å². The van der Waals surface area contributed by atoms with E-state index in [2.05, 4.69) is 34.7 Å². The summed E-state index contributed by atoms with van der Waals surface area (Å²) in [5.74, 6) is 2.24. The molecule has 23 heavy (non-hydrogen) atoms. The fourth-order valence-electron chi connectivity index (χ4n) is 2.82. The Morgan fingerprint density at radius 3 is 2.52 bits per heavy atom. The zero-order valence-electron chi connectivity index (χ0n) is 14.2. The molecule has 0 amide bonds. The molecule has 122 valence electrons. The van der Waals surface area contributed by atoms with Gasteiger partial charge in [0.05, 0.1) is 5.75 Å². The molecule has 4 nitrogen and oxygen atoms in total. The molecule has 0 spiro atoms. The van der Waals surface area contributed by atoms with Crippen LogP contribution in [0, 0.1) is 20.8 Å². The van der Waals surface area contributed by atoms with Crippen molar-refractivity contribution in [2.24, 2.45) is 0 Å². The maximum atomic E-state index is 12.6. The fraction of sp³-hybridized carbons (Fsp3) is 0.500. The molecule has 0 atom stereocenters. The van der Waals surface area contributed by atoms with Crippen molar-refractivity contribution in [2.75, 3.05) is 5.75 Å². The molecule has 0 unspecified atom stereocenters. The van der Waals surface area contributed by atoms with Crippen LogP contribution in [0.15, 0.2) is 17.3 Å². The van der Waals surface area contributed by atoms with Gasteiger partial charge in [-0.15, -0.1) is 10.2 Å². The van der Waals surface area contributed by atoms with Crippen molar-refractivity contribution in [1.29, 1.82) is 0 Å². The van der Waals surface area contributed by atoms with Crippen LogP contribution in [0.1, 0.15) is 58.6 Å². The number of benzene rings is 1. The Balaban J connectivity index is 1.73. The molecule has 0 N–H and O–H groups in total. The standard InChI is InChI=1S/C18H23N3OS/c1-5-21-17(14-6-7-14)19-20-18(21)23-10-16(22)15-9-12(3)11(2)8-13(15)4/h8-9,14H,5-7,10H2,1-4H3. The number of aromatic nitrogens is 3. The zero-order chi connectivity index (χ0) is 16.6. The van der Waals surface area contributed by atoms with E-state index in [1.54, 1.807) is 0 Å². The average Bonchev–Trinajstić information content (AvgIpc) is 3.28. The Morgan fingerprint density at radius 1 is 1.17 bits per heavy atom. The van der Waals surface area contributed by atoms with Gasteiger partial charge >= 0.3 is 0 Å². The molecule has 0 saturated heterocycles. The minimum absolute atomic E-state index is 0.161. The summed E-state index contributed by atoms with van der Waals surface area (Å²) in [6.45, 7) is 9.10. The van der Waals surface area contributed by atoms with Crippen molar-refractivity contribution < 1.29 is 4.79 Å². The van der Waals surface area contributed by atoms with Crippen LogP contribution in [0.25, 0.3) is 0 Å². The third kappa shape index (κ3) is 3.34. The number of carbonyl (C=O) groups excluding carboxylic acids is 1. The first-order chi connectivity index (χ1) is 11.0. The molecule has 5 heteroatoms. The molecule has 2 aromatic rings. The molecule has 1 aliphatic carbocycles. The van der Waals surface area contributed by atoms with Gasteiger partial charge in [-0.05, 0) is 63.3 Å². The molecule has 0 bridgehead atoms. The largest absolute Gasteiger partial charge is 0.306 e. The van der Waals surface area contributed by atoms with E-state index in [4.69, 9.17) is 0 Å². The van der Waals surface area contributed by atoms with Crippen molar-refractivity contribution >= 4 is 17.5 Å². The van der Waals surface area contributed by atoms with Gasteiger partial charge in [0.15, 0.2) is 10.9 Å². The second-order valence-corrected chi connectivity index (χ2v) is 7.27. The summed E-state index contributed by atoms with van der Waals surface area (Å²) in [6, 6.07) is 4.10. The average molecular weight is 329 g/mol. The van der Waals surface area contributed by atoms with Crippen molar-refractivity contribution in [1.82, 2.24) is 14.8 Å². The van der Waals surface area contributed by atoms with E-state index in [1.807, 2.05) is 19.9 Å². The van der Waals surface area contributed by atoms with Gasteiger partial charge in [-0.3, -0.25) is 4.79 Å². The number of hydrogen-bond donors (Lipinski definition) is 0. The SMILES string of the molecule is CCn1c(SCC(=O)c2cc(C)c(C)cc2C)nnc1C1CC1. The van der Waals surface area contributed by atoms with Gasteiger partial charge in [0.2, 0.25) is 0 Å². The minimum Gasteiger partial charge on any atom is -0.306 e. The molecule has 0 aliphatic heterocycles. The summed E-state index contributed by atoms with van der Waals surface area (Å²) < 4.78 is 2.16. The molecule has 1 aromatic heterocycles. The van der Waals surface area contributed by atoms with Gasteiger partial charge in [0, 0.05) is 18.0 Å². The summed E-state index contributed by atoms with van der Waals surface area (Å²) in [4.78, 5) is 12.6. The van der Waals surface area contributed by atoms with Crippen LogP contribution in [0.3, 0.4) is 0 Å². The Hall–Kier alpha value is -1.62. The van der Waals surface area contributed by atoms with E-state index in [-0.39, 0.29) is 5.78 Å². The van der Waals surface area contributed by atoms with Crippen molar-refractivity contribution in [3.63, 3.8) is 0 Å². The van der Waals surface area contributed by atoms with Crippen molar-refractivity contribution in [2.45, 2.75) is 58.2 Å². The molecule has 1 saturated carbocycles. The molecule has 1 heterocycles. The van der Waals surface area contributed by atoms with Crippen LogP contribution in [0.4, 0.5) is 0 Å². The number of rotatable bonds is 6. The molecule has 0 radical (unpaired) electrons. The first kappa shape index (κ1) is 16.2. The first-order valence-corrected chi connectivity index (χ1v) is 9.16. The highest BCUT2D eigenvalue weighted by molar-refractivity contribution is 7.99. The molecule has 1 aromatic carbocycles. The fourth-order valence-corrected chi connectivity index (χ4v) is 3.71. The van der Waals surface area contributed by atoms with E-state index in [0.717, 1.165) is 34.2 Å². The summed E-state index contributed by atoms with van der Waals surface area (Å²) >= 11 is 1.50. The van der Waals surface area contributed by atoms with E-state index < -0.39 is 0 Å². The summed E-state index contributed by atoms with van der Waals surface area (Å²) in [5.41, 5.74) is 4.27. The van der Waals surface area contributed by atoms with Crippen LogP contribution in [0.5, 0.6) is 0 Å². The van der Waals surface area contributed by atoms with Gasteiger partial charge in [-0.2, -0.15) is 0 Å². The van der Waals surface area contributed by atoms with Crippen LogP contribution >= 0.6 is 11.8 Å². The summed E-state index contributed by atoms with van der Waals surface area (Å²) in [5, 5.41) is 9.48. The molecular weight excluding hydrogens is 306 g/mol. The van der Waals surface area contributed by atoms with Gasteiger partial charge in [0.1, 0.15) is 5.82 Å². The summed E-state index contributed by atoms with van der Waals surface area (Å²) in [6.07, 6.45) is 2.42. The number of thioether (sulfide) groups is 1. The maximum Gasteiger partial charge on any atom is 0.191 e. The highest BCUT2D eigenvalue weighted by Crippen LogP contribution is 2.40. The van der Waals surface area contributed by atoms with Gasteiger partial charge in [-0.25, -0.2) is 0 Å². The molecular formula is C18H23N3OS. The Labute approximate surface area is 141 Å². The number of nitrogens with zero attached hydrogens (tertiary/aromatic N) is 3. The third-order valence-electron chi connectivity index (χ3n) is 4.48. The van der Waals surface area contributed by atoms with Crippen LogP contribution in [0.2, 0.25) is 0 Å². The predicted molar refractivity (Wildman–Crippen MR) is 93.4 cm³/mol. The monoisotopic (exact) mass is 329 g/mol. The first-order valence-electron chi connectivity index (χ1n) is 8.18. The highest BCUT2D eigenvalue weighted by atomic mass is 32.2. The van der Waals surface area contributed by atoms with Gasteiger partial charge in [0.25, 0.3) is 0 Å². The van der Waals surface area contributed by atoms with E-state index in [9.17, 15) is 4.79 Å². The normalized spacial score (nSPS) is 14.3. The predicted octanol–water partition coefficient (Wildman–Crippen LogP) is 4.08. The van der Waals surface area contributed by atoms with Crippen LogP contribution in [-0.2, 0) is 6.54 Å². The van der Waals surface area contributed by atoms with Crippen LogP contribution in [-0.4, -0.2) is 26.3 Å². The number of ketones is 1. The maximum absolute atomic E-state index is 12.6. The van der Waals surface area contributed by atoms with E-state index >= 15 is 0 Å². The zero-order valence-corrected chi connectivity index (χ0v) is 15.0. The van der Waals surface area contributed by atoms with E-state index in [1.165, 1.54) is 30.2 Å². The molecule has 1 fully saturated rings.